The van der Waals surface area contributed by atoms with E-state index in [2.05, 4.69) is 0 Å². The van der Waals surface area contributed by atoms with Crippen LogP contribution in [-0.2, 0) is 0 Å². The number of halogens is 1. The van der Waals surface area contributed by atoms with Gasteiger partial charge in [0.05, 0.1) is 13.2 Å². The van der Waals surface area contributed by atoms with Crippen LogP contribution in [0.15, 0.2) is 42.5 Å². The normalized spacial score (nSPS) is 12.2. The number of nitrogens with two attached hydrogens (primary N) is 1. The average Bonchev–Trinajstić information content (AvgIpc) is 2.38. The molecule has 1 unspecified atom stereocenters. The smallest absolute Gasteiger partial charge is 0.119 e. The highest BCUT2D eigenvalue weighted by atomic mass is 35.5. The predicted octanol–water partition coefficient (Wildman–Crippen LogP) is 3.71. The molecule has 2 nitrogen and oxygen atoms in total. The molecule has 1 atom stereocenters. The van der Waals surface area contributed by atoms with Gasteiger partial charge in [-0.3, -0.25) is 0 Å². The molecule has 18 heavy (non-hydrogen) atoms. The van der Waals surface area contributed by atoms with Gasteiger partial charge in [-0.15, -0.1) is 0 Å². The molecule has 0 bridgehead atoms. The molecule has 0 aliphatic heterocycles. The fourth-order valence-electron chi connectivity index (χ4n) is 1.90. The molecular formula is C15H16ClNO. The topological polar surface area (TPSA) is 35.2 Å². The fourth-order valence-corrected chi connectivity index (χ4v) is 2.25. The minimum absolute atomic E-state index is 0.242. The van der Waals surface area contributed by atoms with E-state index >= 15 is 0 Å². The first-order chi connectivity index (χ1) is 8.61. The van der Waals surface area contributed by atoms with Crippen LogP contribution in [0.5, 0.6) is 5.75 Å². The molecule has 0 saturated heterocycles. The standard InChI is InChI=1S/C15H16ClNO/c1-10-6-7-13(14(16)8-10)15(17)11-4-3-5-12(9-11)18-2/h3-9,15H,17H2,1-2H3. The van der Waals surface area contributed by atoms with Crippen molar-refractivity contribution in [3.63, 3.8) is 0 Å². The van der Waals surface area contributed by atoms with Crippen molar-refractivity contribution in [1.82, 2.24) is 0 Å². The van der Waals surface area contributed by atoms with Crippen LogP contribution in [0.3, 0.4) is 0 Å². The molecule has 0 aliphatic rings. The molecule has 0 heterocycles. The Kier molecular flexibility index (Phi) is 3.90. The van der Waals surface area contributed by atoms with Gasteiger partial charge in [-0.1, -0.05) is 35.9 Å². The highest BCUT2D eigenvalue weighted by Crippen LogP contribution is 2.28. The van der Waals surface area contributed by atoms with Crippen LogP contribution >= 0.6 is 11.6 Å². The molecular weight excluding hydrogens is 246 g/mol. The summed E-state index contributed by atoms with van der Waals surface area (Å²) in [5.74, 6) is 0.797. The van der Waals surface area contributed by atoms with E-state index in [9.17, 15) is 0 Å². The predicted molar refractivity (Wildman–Crippen MR) is 75.2 cm³/mol. The lowest BCUT2D eigenvalue weighted by Crippen LogP contribution is -2.12. The molecule has 0 fully saturated rings. The first-order valence-corrected chi connectivity index (χ1v) is 6.15. The highest BCUT2D eigenvalue weighted by molar-refractivity contribution is 6.31. The van der Waals surface area contributed by atoms with Crippen molar-refractivity contribution in [1.29, 1.82) is 0 Å². The largest absolute Gasteiger partial charge is 0.497 e. The number of hydrogen-bond acceptors (Lipinski definition) is 2. The summed E-state index contributed by atoms with van der Waals surface area (Å²) in [4.78, 5) is 0. The lowest BCUT2D eigenvalue weighted by molar-refractivity contribution is 0.414. The van der Waals surface area contributed by atoms with Crippen molar-refractivity contribution in [3.8, 4) is 5.75 Å². The summed E-state index contributed by atoms with van der Waals surface area (Å²) in [6.45, 7) is 2.01. The van der Waals surface area contributed by atoms with E-state index in [1.165, 1.54) is 0 Å². The minimum atomic E-state index is -0.242. The van der Waals surface area contributed by atoms with Gasteiger partial charge in [-0.2, -0.15) is 0 Å². The van der Waals surface area contributed by atoms with Crippen LogP contribution < -0.4 is 10.5 Å². The van der Waals surface area contributed by atoms with Crippen LogP contribution in [0.1, 0.15) is 22.7 Å². The van der Waals surface area contributed by atoms with Crippen molar-refractivity contribution in [2.24, 2.45) is 5.73 Å². The summed E-state index contributed by atoms with van der Waals surface area (Å²) >= 11 is 6.24. The summed E-state index contributed by atoms with van der Waals surface area (Å²) in [6, 6.07) is 13.4. The van der Waals surface area contributed by atoms with E-state index < -0.39 is 0 Å². The number of hydrogen-bond donors (Lipinski definition) is 1. The van der Waals surface area contributed by atoms with Gasteiger partial charge < -0.3 is 10.5 Å². The number of methoxy groups -OCH3 is 1. The van der Waals surface area contributed by atoms with E-state index in [0.29, 0.717) is 5.02 Å². The Morgan fingerprint density at radius 3 is 2.61 bits per heavy atom. The number of benzene rings is 2. The fraction of sp³-hybridized carbons (Fsp3) is 0.200. The molecule has 0 aliphatic carbocycles. The second-order valence-corrected chi connectivity index (χ2v) is 4.69. The Morgan fingerprint density at radius 2 is 1.94 bits per heavy atom. The van der Waals surface area contributed by atoms with E-state index in [1.807, 2.05) is 49.4 Å². The van der Waals surface area contributed by atoms with Crippen molar-refractivity contribution in [2.45, 2.75) is 13.0 Å². The van der Waals surface area contributed by atoms with E-state index in [-0.39, 0.29) is 6.04 Å². The molecule has 2 N–H and O–H groups in total. The molecule has 2 rings (SSSR count). The zero-order valence-electron chi connectivity index (χ0n) is 10.5. The van der Waals surface area contributed by atoms with Crippen molar-refractivity contribution < 1.29 is 4.74 Å². The molecule has 0 spiro atoms. The zero-order chi connectivity index (χ0) is 13.1. The first-order valence-electron chi connectivity index (χ1n) is 5.77. The lowest BCUT2D eigenvalue weighted by Gasteiger charge is -2.15. The van der Waals surface area contributed by atoms with Crippen molar-refractivity contribution >= 4 is 11.6 Å². The van der Waals surface area contributed by atoms with Gasteiger partial charge in [-0.05, 0) is 41.8 Å². The second kappa shape index (κ2) is 5.42. The Hall–Kier alpha value is -1.51. The van der Waals surface area contributed by atoms with Crippen LogP contribution in [0, 0.1) is 6.92 Å². The maximum atomic E-state index is 6.25. The zero-order valence-corrected chi connectivity index (χ0v) is 11.2. The third kappa shape index (κ3) is 2.66. The van der Waals surface area contributed by atoms with E-state index in [1.54, 1.807) is 7.11 Å². The molecule has 0 aromatic heterocycles. The minimum Gasteiger partial charge on any atom is -0.497 e. The Labute approximate surface area is 112 Å². The van der Waals surface area contributed by atoms with Gasteiger partial charge in [0.15, 0.2) is 0 Å². The van der Waals surface area contributed by atoms with Gasteiger partial charge in [0.25, 0.3) is 0 Å². The van der Waals surface area contributed by atoms with Gasteiger partial charge in [0.2, 0.25) is 0 Å². The van der Waals surface area contributed by atoms with Crippen LogP contribution in [0.2, 0.25) is 5.02 Å². The highest BCUT2D eigenvalue weighted by Gasteiger charge is 2.13. The molecule has 0 radical (unpaired) electrons. The van der Waals surface area contributed by atoms with Crippen LogP contribution in [0.4, 0.5) is 0 Å². The van der Waals surface area contributed by atoms with Crippen LogP contribution in [0.25, 0.3) is 0 Å². The first kappa shape index (κ1) is 12.9. The summed E-state index contributed by atoms with van der Waals surface area (Å²) in [5.41, 5.74) is 9.29. The summed E-state index contributed by atoms with van der Waals surface area (Å²) < 4.78 is 5.20. The maximum Gasteiger partial charge on any atom is 0.119 e. The van der Waals surface area contributed by atoms with Gasteiger partial charge in [0.1, 0.15) is 5.75 Å². The third-order valence-corrected chi connectivity index (χ3v) is 3.27. The van der Waals surface area contributed by atoms with Gasteiger partial charge in [-0.25, -0.2) is 0 Å². The van der Waals surface area contributed by atoms with E-state index in [0.717, 1.165) is 22.4 Å². The average molecular weight is 262 g/mol. The Bertz CT molecular complexity index is 554. The number of ether oxygens (including phenoxy) is 1. The van der Waals surface area contributed by atoms with Crippen molar-refractivity contribution in [2.75, 3.05) is 7.11 Å². The summed E-state index contributed by atoms with van der Waals surface area (Å²) in [6.07, 6.45) is 0. The Balaban J connectivity index is 2.37. The quantitative estimate of drug-likeness (QED) is 0.914. The molecule has 2 aromatic rings. The van der Waals surface area contributed by atoms with Crippen LogP contribution in [-0.4, -0.2) is 7.11 Å². The van der Waals surface area contributed by atoms with Crippen molar-refractivity contribution in [3.05, 3.63) is 64.2 Å². The molecule has 0 amide bonds. The maximum absolute atomic E-state index is 6.25. The second-order valence-electron chi connectivity index (χ2n) is 4.28. The lowest BCUT2D eigenvalue weighted by atomic mass is 9.98. The summed E-state index contributed by atoms with van der Waals surface area (Å²) in [5, 5.41) is 0.699. The summed E-state index contributed by atoms with van der Waals surface area (Å²) in [7, 11) is 1.64. The monoisotopic (exact) mass is 261 g/mol. The molecule has 0 saturated carbocycles. The Morgan fingerprint density at radius 1 is 1.17 bits per heavy atom. The molecule has 3 heteroatoms. The van der Waals surface area contributed by atoms with Gasteiger partial charge in [0, 0.05) is 5.02 Å². The SMILES string of the molecule is COc1cccc(C(N)c2ccc(C)cc2Cl)c1. The number of rotatable bonds is 3. The molecule has 94 valence electrons. The molecule has 2 aromatic carbocycles. The van der Waals surface area contributed by atoms with E-state index in [4.69, 9.17) is 22.1 Å². The van der Waals surface area contributed by atoms with Gasteiger partial charge >= 0.3 is 0 Å². The third-order valence-electron chi connectivity index (χ3n) is 2.94. The number of aryl methyl sites for hydroxylation is 1.